The molecule has 1 unspecified atom stereocenters. The van der Waals surface area contributed by atoms with Gasteiger partial charge in [-0.15, -0.1) is 0 Å². The first-order chi connectivity index (χ1) is 9.15. The number of hydrogen-bond donors (Lipinski definition) is 0. The van der Waals surface area contributed by atoms with Gasteiger partial charge in [-0.1, -0.05) is 59.2 Å². The Balaban J connectivity index is 0.000000861. The van der Waals surface area contributed by atoms with Gasteiger partial charge in [0.25, 0.3) is 0 Å². The SMILES string of the molecule is CC.COc1c(C(C)C)cccc1C(C)C1CCC1. The molecule has 1 nitrogen and oxygen atoms in total. The Morgan fingerprint density at radius 2 is 1.63 bits per heavy atom. The average molecular weight is 262 g/mol. The molecule has 0 N–H and O–H groups in total. The Labute approximate surface area is 119 Å². The van der Waals surface area contributed by atoms with Crippen molar-refractivity contribution in [3.8, 4) is 5.75 Å². The standard InChI is InChI=1S/C16H24O.C2H6/c1-11(2)14-9-6-10-15(16(14)17-4)12(3)13-7-5-8-13;1-2/h6,9-13H,5,7-8H2,1-4H3;1-2H3. The largest absolute Gasteiger partial charge is 0.496 e. The summed E-state index contributed by atoms with van der Waals surface area (Å²) in [6, 6.07) is 6.62. The van der Waals surface area contributed by atoms with Crippen molar-refractivity contribution in [1.29, 1.82) is 0 Å². The molecule has 0 saturated heterocycles. The lowest BCUT2D eigenvalue weighted by Gasteiger charge is -2.33. The molecule has 1 fully saturated rings. The van der Waals surface area contributed by atoms with Crippen molar-refractivity contribution in [3.63, 3.8) is 0 Å². The van der Waals surface area contributed by atoms with Crippen molar-refractivity contribution >= 4 is 0 Å². The van der Waals surface area contributed by atoms with Gasteiger partial charge in [0.2, 0.25) is 0 Å². The van der Waals surface area contributed by atoms with E-state index in [0.29, 0.717) is 11.8 Å². The fourth-order valence-corrected chi connectivity index (χ4v) is 2.82. The predicted molar refractivity (Wildman–Crippen MR) is 84.2 cm³/mol. The molecule has 0 amide bonds. The van der Waals surface area contributed by atoms with Crippen LogP contribution in [0.3, 0.4) is 0 Å². The topological polar surface area (TPSA) is 9.23 Å². The van der Waals surface area contributed by atoms with Crippen LogP contribution in [0.1, 0.15) is 76.8 Å². The zero-order valence-electron chi connectivity index (χ0n) is 13.5. The van der Waals surface area contributed by atoms with E-state index >= 15 is 0 Å². The van der Waals surface area contributed by atoms with E-state index in [1.54, 1.807) is 7.11 Å². The van der Waals surface area contributed by atoms with Crippen LogP contribution >= 0.6 is 0 Å². The summed E-state index contributed by atoms with van der Waals surface area (Å²) in [5, 5.41) is 0. The maximum atomic E-state index is 5.68. The smallest absolute Gasteiger partial charge is 0.125 e. The summed E-state index contributed by atoms with van der Waals surface area (Å²) >= 11 is 0. The molecular formula is C18H30O. The summed E-state index contributed by atoms with van der Waals surface area (Å²) < 4.78 is 5.68. The van der Waals surface area contributed by atoms with Gasteiger partial charge in [-0.25, -0.2) is 0 Å². The van der Waals surface area contributed by atoms with Gasteiger partial charge >= 0.3 is 0 Å². The van der Waals surface area contributed by atoms with Crippen LogP contribution in [-0.2, 0) is 0 Å². The van der Waals surface area contributed by atoms with Crippen LogP contribution in [-0.4, -0.2) is 7.11 Å². The third-order valence-electron chi connectivity index (χ3n) is 4.25. The monoisotopic (exact) mass is 262 g/mol. The summed E-state index contributed by atoms with van der Waals surface area (Å²) in [6.45, 7) is 10.8. The zero-order chi connectivity index (χ0) is 14.4. The van der Waals surface area contributed by atoms with Crippen LogP contribution in [0.4, 0.5) is 0 Å². The van der Waals surface area contributed by atoms with E-state index in [9.17, 15) is 0 Å². The van der Waals surface area contributed by atoms with E-state index in [-0.39, 0.29) is 0 Å². The first-order valence-electron chi connectivity index (χ1n) is 7.82. The van der Waals surface area contributed by atoms with Crippen LogP contribution in [0, 0.1) is 5.92 Å². The molecule has 1 aromatic rings. The minimum atomic E-state index is 0.526. The number of ether oxygens (including phenoxy) is 1. The van der Waals surface area contributed by atoms with Crippen LogP contribution in [0.15, 0.2) is 18.2 Å². The highest BCUT2D eigenvalue weighted by atomic mass is 16.5. The summed E-state index contributed by atoms with van der Waals surface area (Å²) in [7, 11) is 1.80. The minimum absolute atomic E-state index is 0.526. The first kappa shape index (κ1) is 16.1. The number of methoxy groups -OCH3 is 1. The van der Waals surface area contributed by atoms with Crippen molar-refractivity contribution in [2.45, 2.75) is 65.7 Å². The first-order valence-corrected chi connectivity index (χ1v) is 7.82. The molecule has 0 aliphatic heterocycles. The lowest BCUT2D eigenvalue weighted by molar-refractivity contribution is 0.267. The summed E-state index contributed by atoms with van der Waals surface area (Å²) in [5.41, 5.74) is 2.75. The quantitative estimate of drug-likeness (QED) is 0.671. The van der Waals surface area contributed by atoms with Gasteiger partial charge < -0.3 is 4.74 Å². The highest BCUT2D eigenvalue weighted by molar-refractivity contribution is 5.45. The second-order valence-electron chi connectivity index (χ2n) is 5.60. The van der Waals surface area contributed by atoms with E-state index in [1.165, 1.54) is 30.4 Å². The third kappa shape index (κ3) is 3.52. The number of hydrogen-bond acceptors (Lipinski definition) is 1. The fourth-order valence-electron chi connectivity index (χ4n) is 2.82. The molecule has 1 aliphatic carbocycles. The molecule has 0 radical (unpaired) electrons. The Hall–Kier alpha value is -0.980. The summed E-state index contributed by atoms with van der Waals surface area (Å²) in [4.78, 5) is 0. The van der Waals surface area contributed by atoms with E-state index in [2.05, 4.69) is 39.0 Å². The van der Waals surface area contributed by atoms with Gasteiger partial charge in [0.1, 0.15) is 5.75 Å². The summed E-state index contributed by atoms with van der Waals surface area (Å²) in [5.74, 6) is 3.16. The van der Waals surface area contributed by atoms with Crippen molar-refractivity contribution in [2.75, 3.05) is 7.11 Å². The normalized spacial score (nSPS) is 16.4. The van der Waals surface area contributed by atoms with Crippen molar-refractivity contribution in [3.05, 3.63) is 29.3 Å². The number of para-hydroxylation sites is 1. The molecule has 0 heterocycles. The van der Waals surface area contributed by atoms with Crippen molar-refractivity contribution in [2.24, 2.45) is 5.92 Å². The number of rotatable bonds is 4. The molecule has 1 heteroatoms. The third-order valence-corrected chi connectivity index (χ3v) is 4.25. The molecule has 19 heavy (non-hydrogen) atoms. The van der Waals surface area contributed by atoms with E-state index in [0.717, 1.165) is 11.7 Å². The molecule has 1 aliphatic rings. The minimum Gasteiger partial charge on any atom is -0.496 e. The molecule has 0 aromatic heterocycles. The van der Waals surface area contributed by atoms with Gasteiger partial charge in [-0.05, 0) is 41.7 Å². The van der Waals surface area contributed by atoms with Gasteiger partial charge in [-0.2, -0.15) is 0 Å². The van der Waals surface area contributed by atoms with E-state index in [4.69, 9.17) is 4.74 Å². The molecule has 108 valence electrons. The van der Waals surface area contributed by atoms with Crippen molar-refractivity contribution < 1.29 is 4.74 Å². The number of benzene rings is 1. The molecular weight excluding hydrogens is 232 g/mol. The Morgan fingerprint density at radius 3 is 2.05 bits per heavy atom. The zero-order valence-corrected chi connectivity index (χ0v) is 13.5. The molecule has 0 spiro atoms. The highest BCUT2D eigenvalue weighted by Gasteiger charge is 2.27. The maximum Gasteiger partial charge on any atom is 0.125 e. The van der Waals surface area contributed by atoms with Gasteiger partial charge in [0.05, 0.1) is 7.11 Å². The second kappa shape index (κ2) is 7.57. The Morgan fingerprint density at radius 1 is 1.05 bits per heavy atom. The second-order valence-corrected chi connectivity index (χ2v) is 5.60. The Bertz CT molecular complexity index is 377. The molecule has 0 bridgehead atoms. The summed E-state index contributed by atoms with van der Waals surface area (Å²) in [6.07, 6.45) is 4.17. The van der Waals surface area contributed by atoms with Crippen LogP contribution in [0.25, 0.3) is 0 Å². The van der Waals surface area contributed by atoms with Crippen LogP contribution < -0.4 is 4.74 Å². The van der Waals surface area contributed by atoms with E-state index < -0.39 is 0 Å². The molecule has 2 rings (SSSR count). The van der Waals surface area contributed by atoms with Crippen molar-refractivity contribution in [1.82, 2.24) is 0 Å². The Kier molecular flexibility index (Phi) is 6.41. The molecule has 1 atom stereocenters. The maximum absolute atomic E-state index is 5.68. The lowest BCUT2D eigenvalue weighted by atomic mass is 9.73. The van der Waals surface area contributed by atoms with Crippen LogP contribution in [0.5, 0.6) is 5.75 Å². The molecule has 1 aromatic carbocycles. The van der Waals surface area contributed by atoms with Crippen LogP contribution in [0.2, 0.25) is 0 Å². The van der Waals surface area contributed by atoms with Gasteiger partial charge in [0, 0.05) is 0 Å². The van der Waals surface area contributed by atoms with E-state index in [1.807, 2.05) is 13.8 Å². The highest BCUT2D eigenvalue weighted by Crippen LogP contribution is 2.43. The predicted octanol–water partition coefficient (Wildman–Crippen LogP) is 5.75. The van der Waals surface area contributed by atoms with Gasteiger partial charge in [0.15, 0.2) is 0 Å². The average Bonchev–Trinajstić information content (AvgIpc) is 2.37. The lowest BCUT2D eigenvalue weighted by Crippen LogP contribution is -2.19. The van der Waals surface area contributed by atoms with Gasteiger partial charge in [-0.3, -0.25) is 0 Å². The fraction of sp³-hybridized carbons (Fsp3) is 0.667. The molecule has 1 saturated carbocycles.